The first-order chi connectivity index (χ1) is 9.69. The van der Waals surface area contributed by atoms with E-state index in [2.05, 4.69) is 10.6 Å². The molecule has 0 unspecified atom stereocenters. The molecule has 5 heteroatoms. The molecule has 104 valence electrons. The third-order valence-electron chi connectivity index (χ3n) is 2.66. The fourth-order valence-electron chi connectivity index (χ4n) is 1.68. The van der Waals surface area contributed by atoms with Crippen LogP contribution in [0.1, 0.15) is 0 Å². The van der Waals surface area contributed by atoms with Crippen molar-refractivity contribution in [2.75, 3.05) is 24.3 Å². The zero-order chi connectivity index (χ0) is 14.4. The van der Waals surface area contributed by atoms with Crippen molar-refractivity contribution in [3.63, 3.8) is 0 Å². The number of methoxy groups -OCH3 is 1. The molecule has 20 heavy (non-hydrogen) atoms. The smallest absolute Gasteiger partial charge is 0.243 e. The van der Waals surface area contributed by atoms with Gasteiger partial charge in [-0.25, -0.2) is 0 Å². The fourth-order valence-corrected chi connectivity index (χ4v) is 1.87. The van der Waals surface area contributed by atoms with Crippen LogP contribution in [0, 0.1) is 0 Å². The average molecular weight is 291 g/mol. The van der Waals surface area contributed by atoms with Gasteiger partial charge in [-0.1, -0.05) is 29.8 Å². The van der Waals surface area contributed by atoms with Crippen LogP contribution in [0.4, 0.5) is 11.4 Å². The molecule has 0 bridgehead atoms. The molecule has 0 aliphatic heterocycles. The minimum atomic E-state index is -0.120. The van der Waals surface area contributed by atoms with Gasteiger partial charge in [0.25, 0.3) is 0 Å². The number of ether oxygens (including phenoxy) is 1. The first kappa shape index (κ1) is 14.2. The molecule has 0 saturated carbocycles. The molecule has 2 rings (SSSR count). The number of amides is 1. The average Bonchev–Trinajstić information content (AvgIpc) is 2.47. The van der Waals surface area contributed by atoms with Gasteiger partial charge in [-0.15, -0.1) is 0 Å². The summed E-state index contributed by atoms with van der Waals surface area (Å²) in [6.45, 7) is 0.166. The number of hydrogen-bond donors (Lipinski definition) is 2. The van der Waals surface area contributed by atoms with E-state index in [1.54, 1.807) is 25.3 Å². The lowest BCUT2D eigenvalue weighted by Crippen LogP contribution is -2.21. The summed E-state index contributed by atoms with van der Waals surface area (Å²) in [5.74, 6) is 0.449. The molecule has 4 nitrogen and oxygen atoms in total. The lowest BCUT2D eigenvalue weighted by Gasteiger charge is -2.09. The standard InChI is InChI=1S/C15H15ClN2O2/c1-20-14-9-12(7-8-13(14)16)17-10-15(19)18-11-5-3-2-4-6-11/h2-9,17H,10H2,1H3,(H,18,19). The van der Waals surface area contributed by atoms with E-state index < -0.39 is 0 Å². The number of benzene rings is 2. The maximum Gasteiger partial charge on any atom is 0.243 e. The Morgan fingerprint density at radius 1 is 1.15 bits per heavy atom. The van der Waals surface area contributed by atoms with Crippen molar-refractivity contribution in [2.24, 2.45) is 0 Å². The predicted octanol–water partition coefficient (Wildman–Crippen LogP) is 3.40. The van der Waals surface area contributed by atoms with E-state index in [9.17, 15) is 4.79 Å². The van der Waals surface area contributed by atoms with E-state index in [0.29, 0.717) is 10.8 Å². The van der Waals surface area contributed by atoms with Crippen LogP contribution in [-0.2, 0) is 4.79 Å². The Kier molecular flexibility index (Phi) is 4.85. The minimum Gasteiger partial charge on any atom is -0.495 e. The van der Waals surface area contributed by atoms with Crippen LogP contribution < -0.4 is 15.4 Å². The highest BCUT2D eigenvalue weighted by molar-refractivity contribution is 6.32. The lowest BCUT2D eigenvalue weighted by molar-refractivity contribution is -0.114. The van der Waals surface area contributed by atoms with Crippen LogP contribution in [-0.4, -0.2) is 19.6 Å². The van der Waals surface area contributed by atoms with Crippen molar-refractivity contribution >= 4 is 28.9 Å². The molecular weight excluding hydrogens is 276 g/mol. The summed E-state index contributed by atoms with van der Waals surface area (Å²) in [6.07, 6.45) is 0. The van der Waals surface area contributed by atoms with E-state index in [1.807, 2.05) is 30.3 Å². The van der Waals surface area contributed by atoms with E-state index >= 15 is 0 Å². The highest BCUT2D eigenvalue weighted by atomic mass is 35.5. The summed E-state index contributed by atoms with van der Waals surface area (Å²) in [6, 6.07) is 14.6. The normalized spacial score (nSPS) is 9.90. The van der Waals surface area contributed by atoms with Crippen LogP contribution in [0.5, 0.6) is 5.75 Å². The van der Waals surface area contributed by atoms with Gasteiger partial charge in [-0.2, -0.15) is 0 Å². The van der Waals surface area contributed by atoms with Crippen molar-refractivity contribution in [3.05, 3.63) is 53.6 Å². The van der Waals surface area contributed by atoms with Gasteiger partial charge in [-0.3, -0.25) is 4.79 Å². The molecular formula is C15H15ClN2O2. The molecule has 0 aliphatic rings. The highest BCUT2D eigenvalue weighted by Crippen LogP contribution is 2.27. The SMILES string of the molecule is COc1cc(NCC(=O)Nc2ccccc2)ccc1Cl. The topological polar surface area (TPSA) is 50.4 Å². The molecule has 2 N–H and O–H groups in total. The second-order valence-electron chi connectivity index (χ2n) is 4.12. The molecule has 0 fully saturated rings. The number of halogens is 1. The highest BCUT2D eigenvalue weighted by Gasteiger charge is 2.04. The number of anilines is 2. The fraction of sp³-hybridized carbons (Fsp3) is 0.133. The second-order valence-corrected chi connectivity index (χ2v) is 4.52. The summed E-state index contributed by atoms with van der Waals surface area (Å²) >= 11 is 5.93. The van der Waals surface area contributed by atoms with Gasteiger partial charge in [0, 0.05) is 17.4 Å². The van der Waals surface area contributed by atoms with Crippen molar-refractivity contribution in [2.45, 2.75) is 0 Å². The van der Waals surface area contributed by atoms with Crippen molar-refractivity contribution in [1.29, 1.82) is 0 Å². The molecule has 0 atom stereocenters. The third-order valence-corrected chi connectivity index (χ3v) is 2.97. The number of para-hydroxylation sites is 1. The van der Waals surface area contributed by atoms with E-state index in [1.165, 1.54) is 0 Å². The quantitative estimate of drug-likeness (QED) is 0.887. The Morgan fingerprint density at radius 2 is 1.90 bits per heavy atom. The van der Waals surface area contributed by atoms with Crippen LogP contribution in [0.15, 0.2) is 48.5 Å². The summed E-state index contributed by atoms with van der Waals surface area (Å²) in [5, 5.41) is 6.34. The van der Waals surface area contributed by atoms with Crippen molar-refractivity contribution in [3.8, 4) is 5.75 Å². The van der Waals surface area contributed by atoms with Crippen molar-refractivity contribution in [1.82, 2.24) is 0 Å². The van der Waals surface area contributed by atoms with Gasteiger partial charge < -0.3 is 15.4 Å². The number of hydrogen-bond acceptors (Lipinski definition) is 3. The summed E-state index contributed by atoms with van der Waals surface area (Å²) in [7, 11) is 1.55. The first-order valence-electron chi connectivity index (χ1n) is 6.11. The zero-order valence-corrected chi connectivity index (χ0v) is 11.8. The van der Waals surface area contributed by atoms with E-state index in [4.69, 9.17) is 16.3 Å². The van der Waals surface area contributed by atoms with Crippen LogP contribution >= 0.6 is 11.6 Å². The van der Waals surface area contributed by atoms with E-state index in [0.717, 1.165) is 11.4 Å². The summed E-state index contributed by atoms with van der Waals surface area (Å²) in [5.41, 5.74) is 1.54. The van der Waals surface area contributed by atoms with E-state index in [-0.39, 0.29) is 12.5 Å². The Bertz CT molecular complexity index is 588. The molecule has 0 saturated heterocycles. The van der Waals surface area contributed by atoms with Gasteiger partial charge in [0.1, 0.15) is 5.75 Å². The van der Waals surface area contributed by atoms with Gasteiger partial charge >= 0.3 is 0 Å². The maximum absolute atomic E-state index is 11.8. The summed E-state index contributed by atoms with van der Waals surface area (Å²) in [4.78, 5) is 11.8. The molecule has 0 radical (unpaired) electrons. The van der Waals surface area contributed by atoms with Gasteiger partial charge in [0.15, 0.2) is 0 Å². The Morgan fingerprint density at radius 3 is 2.60 bits per heavy atom. The van der Waals surface area contributed by atoms with Crippen LogP contribution in [0.3, 0.4) is 0 Å². The molecule has 1 amide bonds. The zero-order valence-electron chi connectivity index (χ0n) is 11.0. The molecule has 0 spiro atoms. The predicted molar refractivity (Wildman–Crippen MR) is 81.6 cm³/mol. The van der Waals surface area contributed by atoms with Crippen molar-refractivity contribution < 1.29 is 9.53 Å². The molecule has 0 heterocycles. The number of carbonyl (C=O) groups excluding carboxylic acids is 1. The maximum atomic E-state index is 11.8. The molecule has 2 aromatic carbocycles. The molecule has 2 aromatic rings. The number of nitrogens with one attached hydrogen (secondary N) is 2. The second kappa shape index (κ2) is 6.82. The Hall–Kier alpha value is -2.20. The molecule has 0 aliphatic carbocycles. The summed E-state index contributed by atoms with van der Waals surface area (Å²) < 4.78 is 5.12. The largest absolute Gasteiger partial charge is 0.495 e. The number of rotatable bonds is 5. The molecule has 0 aromatic heterocycles. The third kappa shape index (κ3) is 3.90. The monoisotopic (exact) mass is 290 g/mol. The lowest BCUT2D eigenvalue weighted by atomic mass is 10.3. The van der Waals surface area contributed by atoms with Gasteiger partial charge in [0.05, 0.1) is 18.7 Å². The Balaban J connectivity index is 1.90. The van der Waals surface area contributed by atoms with Gasteiger partial charge in [0.2, 0.25) is 5.91 Å². The van der Waals surface area contributed by atoms with Crippen LogP contribution in [0.25, 0.3) is 0 Å². The first-order valence-corrected chi connectivity index (χ1v) is 6.49. The minimum absolute atomic E-state index is 0.120. The van der Waals surface area contributed by atoms with Gasteiger partial charge in [-0.05, 0) is 24.3 Å². The number of carbonyl (C=O) groups is 1. The Labute approximate surface area is 122 Å². The van der Waals surface area contributed by atoms with Crippen LogP contribution in [0.2, 0.25) is 5.02 Å².